The van der Waals surface area contributed by atoms with Crippen LogP contribution < -0.4 is 5.43 Å². The Morgan fingerprint density at radius 2 is 2.06 bits per heavy atom. The Balaban J connectivity index is 2.61. The van der Waals surface area contributed by atoms with Crippen LogP contribution in [0.1, 0.15) is 0 Å². The van der Waals surface area contributed by atoms with Crippen LogP contribution >= 0.6 is 23.2 Å². The lowest BCUT2D eigenvalue weighted by atomic mass is 10.2. The van der Waals surface area contributed by atoms with Gasteiger partial charge in [0.2, 0.25) is 0 Å². The van der Waals surface area contributed by atoms with Gasteiger partial charge in [-0.2, -0.15) is 5.10 Å². The number of benzene rings is 1. The van der Waals surface area contributed by atoms with Gasteiger partial charge in [-0.25, -0.2) is 0 Å². The van der Waals surface area contributed by atoms with E-state index in [0.717, 1.165) is 6.21 Å². The van der Waals surface area contributed by atoms with E-state index in [1.807, 2.05) is 0 Å². The molecule has 4 N–H and O–H groups in total. The second kappa shape index (κ2) is 6.78. The van der Waals surface area contributed by atoms with Crippen molar-refractivity contribution >= 4 is 35.1 Å². The maximum Gasteiger partial charge on any atom is 0.119 e. The van der Waals surface area contributed by atoms with E-state index in [4.69, 9.17) is 33.4 Å². The number of aliphatic hydroxyl groups excluding tert-OH is 3. The van der Waals surface area contributed by atoms with Gasteiger partial charge in [0.15, 0.2) is 0 Å². The third kappa shape index (κ3) is 4.49. The fraction of sp³-hybridized carbons (Fsp3) is 0.300. The zero-order valence-electron chi connectivity index (χ0n) is 8.72. The molecule has 7 heteroatoms. The first kappa shape index (κ1) is 14.2. The van der Waals surface area contributed by atoms with Crippen LogP contribution in [0, 0.1) is 0 Å². The quantitative estimate of drug-likeness (QED) is 0.480. The van der Waals surface area contributed by atoms with Gasteiger partial charge in [-0.1, -0.05) is 23.2 Å². The molecule has 94 valence electrons. The molecule has 2 atom stereocenters. The number of nitrogens with one attached hydrogen (secondary N) is 1. The van der Waals surface area contributed by atoms with Crippen LogP contribution in [0.2, 0.25) is 10.0 Å². The molecule has 0 bridgehead atoms. The summed E-state index contributed by atoms with van der Waals surface area (Å²) in [7, 11) is 0. The second-order valence-corrected chi connectivity index (χ2v) is 4.10. The van der Waals surface area contributed by atoms with E-state index in [2.05, 4.69) is 10.5 Å². The van der Waals surface area contributed by atoms with Crippen molar-refractivity contribution in [3.63, 3.8) is 0 Å². The Morgan fingerprint density at radius 1 is 1.35 bits per heavy atom. The minimum atomic E-state index is -1.27. The van der Waals surface area contributed by atoms with Crippen molar-refractivity contribution in [1.82, 2.24) is 0 Å². The highest BCUT2D eigenvalue weighted by molar-refractivity contribution is 6.35. The Bertz CT molecular complexity index is 401. The highest BCUT2D eigenvalue weighted by Gasteiger charge is 2.11. The molecule has 0 heterocycles. The first-order valence-corrected chi connectivity index (χ1v) is 5.51. The molecule has 0 aliphatic heterocycles. The molecule has 0 saturated heterocycles. The van der Waals surface area contributed by atoms with Crippen LogP contribution in [0.15, 0.2) is 23.3 Å². The molecule has 17 heavy (non-hydrogen) atoms. The number of hydrogen-bond donors (Lipinski definition) is 4. The predicted octanol–water partition coefficient (Wildman–Crippen LogP) is 1.11. The van der Waals surface area contributed by atoms with Crippen LogP contribution in [0.3, 0.4) is 0 Å². The van der Waals surface area contributed by atoms with Gasteiger partial charge in [0.25, 0.3) is 0 Å². The summed E-state index contributed by atoms with van der Waals surface area (Å²) in [5, 5.41) is 31.5. The van der Waals surface area contributed by atoms with Gasteiger partial charge in [0.1, 0.15) is 12.2 Å². The highest BCUT2D eigenvalue weighted by atomic mass is 35.5. The fourth-order valence-corrected chi connectivity index (χ4v) is 1.31. The second-order valence-electron chi connectivity index (χ2n) is 3.25. The van der Waals surface area contributed by atoms with Crippen LogP contribution in [0.5, 0.6) is 0 Å². The minimum absolute atomic E-state index is 0.420. The number of aliphatic hydroxyl groups is 3. The Kier molecular flexibility index (Phi) is 5.67. The maximum absolute atomic E-state index is 9.26. The first-order chi connectivity index (χ1) is 8.04. The summed E-state index contributed by atoms with van der Waals surface area (Å²) in [6, 6.07) is 4.79. The van der Waals surface area contributed by atoms with Gasteiger partial charge in [-0.15, -0.1) is 0 Å². The van der Waals surface area contributed by atoms with Gasteiger partial charge >= 0.3 is 0 Å². The van der Waals surface area contributed by atoms with E-state index >= 15 is 0 Å². The van der Waals surface area contributed by atoms with E-state index in [9.17, 15) is 5.11 Å². The fourth-order valence-electron chi connectivity index (χ4n) is 0.974. The molecule has 1 rings (SSSR count). The van der Waals surface area contributed by atoms with Gasteiger partial charge in [-0.3, -0.25) is 5.43 Å². The van der Waals surface area contributed by atoms with E-state index in [0.29, 0.717) is 15.7 Å². The average molecular weight is 279 g/mol. The Hall–Kier alpha value is -0.850. The Labute approximate surface area is 108 Å². The monoisotopic (exact) mass is 278 g/mol. The summed E-state index contributed by atoms with van der Waals surface area (Å²) in [6.07, 6.45) is -1.47. The Morgan fingerprint density at radius 3 is 2.71 bits per heavy atom. The zero-order chi connectivity index (χ0) is 12.8. The summed E-state index contributed by atoms with van der Waals surface area (Å²) < 4.78 is 0. The SMILES string of the molecule is OC[C@@H](O)[C@H](O)/C=N/Nc1cc(Cl)ccc1Cl. The molecule has 0 fully saturated rings. The van der Waals surface area contributed by atoms with E-state index < -0.39 is 18.8 Å². The maximum atomic E-state index is 9.26. The van der Waals surface area contributed by atoms with Gasteiger partial charge in [0.05, 0.1) is 23.5 Å². The normalized spacial score (nSPS) is 14.9. The molecule has 0 aliphatic rings. The van der Waals surface area contributed by atoms with Crippen LogP contribution in [-0.4, -0.2) is 40.3 Å². The molecule has 0 aromatic heterocycles. The average Bonchev–Trinajstić information content (AvgIpc) is 2.32. The summed E-state index contributed by atoms with van der Waals surface area (Å²) in [5.74, 6) is 0. The van der Waals surface area contributed by atoms with Crippen molar-refractivity contribution in [3.8, 4) is 0 Å². The largest absolute Gasteiger partial charge is 0.394 e. The van der Waals surface area contributed by atoms with Crippen LogP contribution in [0.25, 0.3) is 0 Å². The van der Waals surface area contributed by atoms with Crippen LogP contribution in [0.4, 0.5) is 5.69 Å². The van der Waals surface area contributed by atoms with Gasteiger partial charge in [-0.05, 0) is 18.2 Å². The molecule has 0 saturated carbocycles. The predicted molar refractivity (Wildman–Crippen MR) is 67.7 cm³/mol. The number of rotatable bonds is 5. The zero-order valence-corrected chi connectivity index (χ0v) is 10.2. The van der Waals surface area contributed by atoms with Gasteiger partial charge < -0.3 is 15.3 Å². The highest BCUT2D eigenvalue weighted by Crippen LogP contribution is 2.25. The topological polar surface area (TPSA) is 85.1 Å². The van der Waals surface area contributed by atoms with E-state index in [-0.39, 0.29) is 0 Å². The summed E-state index contributed by atoms with van der Waals surface area (Å²) in [4.78, 5) is 0. The molecule has 0 spiro atoms. The van der Waals surface area contributed by atoms with Crippen molar-refractivity contribution in [2.24, 2.45) is 5.10 Å². The van der Waals surface area contributed by atoms with Crippen molar-refractivity contribution in [1.29, 1.82) is 0 Å². The molecular weight excluding hydrogens is 267 g/mol. The minimum Gasteiger partial charge on any atom is -0.394 e. The number of hydrazone groups is 1. The number of hydrogen-bond acceptors (Lipinski definition) is 5. The summed E-state index contributed by atoms with van der Waals surface area (Å²) in [6.45, 7) is -0.550. The lowest BCUT2D eigenvalue weighted by molar-refractivity contribution is 0.0204. The van der Waals surface area contributed by atoms with Crippen molar-refractivity contribution in [3.05, 3.63) is 28.2 Å². The van der Waals surface area contributed by atoms with E-state index in [1.165, 1.54) is 0 Å². The lowest BCUT2D eigenvalue weighted by Crippen LogP contribution is -2.30. The van der Waals surface area contributed by atoms with Crippen molar-refractivity contribution in [2.75, 3.05) is 12.0 Å². The van der Waals surface area contributed by atoms with Gasteiger partial charge in [0, 0.05) is 5.02 Å². The number of halogens is 2. The molecule has 0 radical (unpaired) electrons. The molecule has 1 aromatic carbocycles. The number of anilines is 1. The molecule has 0 aliphatic carbocycles. The third-order valence-corrected chi connectivity index (χ3v) is 2.49. The first-order valence-electron chi connectivity index (χ1n) is 4.76. The summed E-state index contributed by atoms with van der Waals surface area (Å²) >= 11 is 11.6. The molecular formula is C10H12Cl2N2O3. The van der Waals surface area contributed by atoms with E-state index in [1.54, 1.807) is 18.2 Å². The molecule has 0 amide bonds. The summed E-state index contributed by atoms with van der Waals surface area (Å²) in [5.41, 5.74) is 3.04. The third-order valence-electron chi connectivity index (χ3n) is 1.92. The van der Waals surface area contributed by atoms with Crippen molar-refractivity contribution in [2.45, 2.75) is 12.2 Å². The van der Waals surface area contributed by atoms with Crippen molar-refractivity contribution < 1.29 is 15.3 Å². The lowest BCUT2D eigenvalue weighted by Gasteiger charge is -2.10. The standard InChI is InChI=1S/C10H12Cl2N2O3/c11-6-1-2-7(12)8(3-6)14-13-4-9(16)10(17)5-15/h1-4,9-10,14-17H,5H2/b13-4+/t9-,10-/m1/s1. The van der Waals surface area contributed by atoms with Crippen LogP contribution in [-0.2, 0) is 0 Å². The molecule has 1 aromatic rings. The molecule has 0 unspecified atom stereocenters. The molecule has 5 nitrogen and oxygen atoms in total. The smallest absolute Gasteiger partial charge is 0.119 e. The number of nitrogens with zero attached hydrogens (tertiary/aromatic N) is 1.